The van der Waals surface area contributed by atoms with Crippen molar-refractivity contribution in [2.75, 3.05) is 25.4 Å². The zero-order valence-electron chi connectivity index (χ0n) is 13.7. The Morgan fingerprint density at radius 1 is 1.08 bits per heavy atom. The van der Waals surface area contributed by atoms with Gasteiger partial charge >= 0.3 is 0 Å². The van der Waals surface area contributed by atoms with E-state index < -0.39 is 10.0 Å². The van der Waals surface area contributed by atoms with Crippen LogP contribution in [0.5, 0.6) is 0 Å². The van der Waals surface area contributed by atoms with Crippen LogP contribution in [-0.4, -0.2) is 56.6 Å². The molecule has 0 aromatic heterocycles. The van der Waals surface area contributed by atoms with Gasteiger partial charge in [0.05, 0.1) is 16.9 Å². The molecule has 1 fully saturated rings. The summed E-state index contributed by atoms with van der Waals surface area (Å²) in [7, 11) is -3.40. The summed E-state index contributed by atoms with van der Waals surface area (Å²) in [5.74, 6) is -0.789. The standard InChI is InChI=1S/C16H21N3O4S.ClH/c20-15-13-4-1-2-5-14(13)16(21)19(15)10-3-11-24(22,23)18-12-6-8-17-9-7-12;/h1-2,4-5,12,17-18H,3,6-11H2;1H. The van der Waals surface area contributed by atoms with Crippen LogP contribution in [0.2, 0.25) is 0 Å². The van der Waals surface area contributed by atoms with E-state index in [0.717, 1.165) is 30.8 Å². The molecule has 2 aliphatic heterocycles. The zero-order chi connectivity index (χ0) is 17.2. The van der Waals surface area contributed by atoms with E-state index in [-0.39, 0.29) is 49.0 Å². The van der Waals surface area contributed by atoms with Crippen molar-refractivity contribution in [2.24, 2.45) is 0 Å². The normalized spacial score (nSPS) is 18.2. The quantitative estimate of drug-likeness (QED) is 0.703. The molecule has 3 rings (SSSR count). The average Bonchev–Trinajstić information content (AvgIpc) is 2.81. The largest absolute Gasteiger partial charge is 0.317 e. The molecule has 0 unspecified atom stereocenters. The average molecular weight is 388 g/mol. The first-order valence-corrected chi connectivity index (χ1v) is 9.79. The third kappa shape index (κ3) is 4.58. The maximum Gasteiger partial charge on any atom is 0.261 e. The van der Waals surface area contributed by atoms with Crippen LogP contribution in [0.15, 0.2) is 24.3 Å². The van der Waals surface area contributed by atoms with Gasteiger partial charge in [0.15, 0.2) is 0 Å². The summed E-state index contributed by atoms with van der Waals surface area (Å²) in [6, 6.07) is 6.62. The highest BCUT2D eigenvalue weighted by Crippen LogP contribution is 2.22. The van der Waals surface area contributed by atoms with Crippen LogP contribution in [0.1, 0.15) is 40.0 Å². The number of carbonyl (C=O) groups excluding carboxylic acids is 2. The molecule has 1 saturated heterocycles. The monoisotopic (exact) mass is 387 g/mol. The molecule has 0 atom stereocenters. The molecule has 7 nitrogen and oxygen atoms in total. The van der Waals surface area contributed by atoms with Crippen molar-refractivity contribution in [3.05, 3.63) is 35.4 Å². The maximum atomic E-state index is 12.2. The molecule has 0 saturated carbocycles. The van der Waals surface area contributed by atoms with Gasteiger partial charge in [-0.1, -0.05) is 12.1 Å². The Balaban J connectivity index is 0.00000225. The van der Waals surface area contributed by atoms with Gasteiger partial charge in [-0.2, -0.15) is 0 Å². The molecule has 9 heteroatoms. The summed E-state index contributed by atoms with van der Waals surface area (Å²) in [4.78, 5) is 25.6. The van der Waals surface area contributed by atoms with Crippen LogP contribution in [0, 0.1) is 0 Å². The van der Waals surface area contributed by atoms with Gasteiger partial charge in [-0.15, -0.1) is 12.4 Å². The van der Waals surface area contributed by atoms with Crippen LogP contribution in [0.4, 0.5) is 0 Å². The number of sulfonamides is 1. The van der Waals surface area contributed by atoms with Gasteiger partial charge in [0.25, 0.3) is 11.8 Å². The molecule has 0 spiro atoms. The van der Waals surface area contributed by atoms with Gasteiger partial charge in [0, 0.05) is 12.6 Å². The number of piperidine rings is 1. The molecule has 0 bridgehead atoms. The van der Waals surface area contributed by atoms with Crippen molar-refractivity contribution in [3.63, 3.8) is 0 Å². The highest BCUT2D eigenvalue weighted by Gasteiger charge is 2.34. The number of benzene rings is 1. The van der Waals surface area contributed by atoms with E-state index in [9.17, 15) is 18.0 Å². The minimum absolute atomic E-state index is 0. The molecule has 0 aliphatic carbocycles. The van der Waals surface area contributed by atoms with Gasteiger partial charge in [-0.05, 0) is 44.5 Å². The lowest BCUT2D eigenvalue weighted by molar-refractivity contribution is 0.0654. The van der Waals surface area contributed by atoms with Gasteiger partial charge in [-0.3, -0.25) is 14.5 Å². The zero-order valence-corrected chi connectivity index (χ0v) is 15.4. The Labute approximate surface area is 153 Å². The Kier molecular flexibility index (Phi) is 6.56. The Bertz CT molecular complexity index is 713. The number of carbonyl (C=O) groups is 2. The van der Waals surface area contributed by atoms with Gasteiger partial charge in [0.2, 0.25) is 10.0 Å². The van der Waals surface area contributed by atoms with E-state index in [1.807, 2.05) is 0 Å². The number of amides is 2. The molecule has 0 radical (unpaired) electrons. The van der Waals surface area contributed by atoms with Crippen molar-refractivity contribution in [3.8, 4) is 0 Å². The van der Waals surface area contributed by atoms with Crippen LogP contribution >= 0.6 is 12.4 Å². The Morgan fingerprint density at radius 2 is 1.64 bits per heavy atom. The molecule has 2 N–H and O–H groups in total. The SMILES string of the molecule is Cl.O=C1c2ccccc2C(=O)N1CCCS(=O)(=O)NC1CCNCC1. The lowest BCUT2D eigenvalue weighted by atomic mass is 10.1. The number of nitrogens with zero attached hydrogens (tertiary/aromatic N) is 1. The fourth-order valence-corrected chi connectivity index (χ4v) is 4.48. The van der Waals surface area contributed by atoms with Crippen molar-refractivity contribution in [2.45, 2.75) is 25.3 Å². The molecule has 25 heavy (non-hydrogen) atoms. The molecule has 2 aliphatic rings. The van der Waals surface area contributed by atoms with E-state index in [0.29, 0.717) is 11.1 Å². The predicted octanol–water partition coefficient (Wildman–Crippen LogP) is 0.766. The second kappa shape index (κ2) is 8.27. The lowest BCUT2D eigenvalue weighted by Crippen LogP contribution is -2.43. The minimum Gasteiger partial charge on any atom is -0.317 e. The first kappa shape index (κ1) is 19.8. The van der Waals surface area contributed by atoms with Crippen LogP contribution < -0.4 is 10.0 Å². The number of halogens is 1. The van der Waals surface area contributed by atoms with Gasteiger partial charge in [-0.25, -0.2) is 13.1 Å². The summed E-state index contributed by atoms with van der Waals surface area (Å²) < 4.78 is 27.0. The number of rotatable bonds is 6. The fourth-order valence-electron chi connectivity index (χ4n) is 3.11. The predicted molar refractivity (Wildman–Crippen MR) is 96.5 cm³/mol. The first-order valence-electron chi connectivity index (χ1n) is 8.14. The summed E-state index contributed by atoms with van der Waals surface area (Å²) in [6.07, 6.45) is 1.78. The molecular formula is C16H22ClN3O4S. The van der Waals surface area contributed by atoms with Crippen molar-refractivity contribution in [1.82, 2.24) is 14.9 Å². The second-order valence-corrected chi connectivity index (χ2v) is 8.00. The smallest absolute Gasteiger partial charge is 0.261 e. The number of imide groups is 1. The maximum absolute atomic E-state index is 12.2. The lowest BCUT2D eigenvalue weighted by Gasteiger charge is -2.23. The summed E-state index contributed by atoms with van der Waals surface area (Å²) in [5, 5.41) is 3.18. The number of hydrogen-bond donors (Lipinski definition) is 2. The number of nitrogens with one attached hydrogen (secondary N) is 2. The third-order valence-corrected chi connectivity index (χ3v) is 5.88. The topological polar surface area (TPSA) is 95.6 Å². The van der Waals surface area contributed by atoms with Gasteiger partial charge < -0.3 is 5.32 Å². The highest BCUT2D eigenvalue weighted by molar-refractivity contribution is 7.89. The minimum atomic E-state index is -3.40. The molecule has 2 heterocycles. The highest BCUT2D eigenvalue weighted by atomic mass is 35.5. The van der Waals surface area contributed by atoms with Crippen molar-refractivity contribution >= 4 is 34.2 Å². The number of fused-ring (bicyclic) bond motifs is 1. The van der Waals surface area contributed by atoms with Crippen LogP contribution in [-0.2, 0) is 10.0 Å². The third-order valence-electron chi connectivity index (χ3n) is 4.36. The summed E-state index contributed by atoms with van der Waals surface area (Å²) >= 11 is 0. The molecule has 138 valence electrons. The van der Waals surface area contributed by atoms with Crippen LogP contribution in [0.3, 0.4) is 0 Å². The van der Waals surface area contributed by atoms with E-state index in [1.165, 1.54) is 0 Å². The van der Waals surface area contributed by atoms with E-state index in [2.05, 4.69) is 10.0 Å². The van der Waals surface area contributed by atoms with Gasteiger partial charge in [0.1, 0.15) is 0 Å². The second-order valence-electron chi connectivity index (χ2n) is 6.12. The number of hydrogen-bond acceptors (Lipinski definition) is 5. The summed E-state index contributed by atoms with van der Waals surface area (Å²) in [5.41, 5.74) is 0.774. The molecule has 1 aromatic carbocycles. The van der Waals surface area contributed by atoms with E-state index in [1.54, 1.807) is 24.3 Å². The van der Waals surface area contributed by atoms with Crippen molar-refractivity contribution in [1.29, 1.82) is 0 Å². The van der Waals surface area contributed by atoms with Crippen molar-refractivity contribution < 1.29 is 18.0 Å². The molecular weight excluding hydrogens is 366 g/mol. The van der Waals surface area contributed by atoms with E-state index in [4.69, 9.17) is 0 Å². The molecule has 1 aromatic rings. The van der Waals surface area contributed by atoms with E-state index >= 15 is 0 Å². The Morgan fingerprint density at radius 3 is 2.20 bits per heavy atom. The van der Waals surface area contributed by atoms with Crippen LogP contribution in [0.25, 0.3) is 0 Å². The summed E-state index contributed by atoms with van der Waals surface area (Å²) in [6.45, 7) is 1.73. The Hall–Kier alpha value is -1.48. The molecule has 2 amide bonds. The first-order chi connectivity index (χ1) is 11.5. The fraction of sp³-hybridized carbons (Fsp3) is 0.500.